The highest BCUT2D eigenvalue weighted by Gasteiger charge is 2.18. The first-order valence-corrected chi connectivity index (χ1v) is 8.90. The van der Waals surface area contributed by atoms with E-state index >= 15 is 0 Å². The molecule has 0 aliphatic rings. The van der Waals surface area contributed by atoms with Gasteiger partial charge in [-0.2, -0.15) is 0 Å². The highest BCUT2D eigenvalue weighted by Crippen LogP contribution is 2.15. The van der Waals surface area contributed by atoms with Gasteiger partial charge in [0.05, 0.1) is 4.90 Å². The summed E-state index contributed by atoms with van der Waals surface area (Å²) in [6.07, 6.45) is 1.75. The summed E-state index contributed by atoms with van der Waals surface area (Å²) in [6.45, 7) is 6.56. The third-order valence-corrected chi connectivity index (χ3v) is 4.46. The van der Waals surface area contributed by atoms with Gasteiger partial charge < -0.3 is 10.1 Å². The molecule has 132 valence electrons. The molecule has 1 amide bonds. The van der Waals surface area contributed by atoms with Crippen molar-refractivity contribution < 1.29 is 22.7 Å². The predicted molar refractivity (Wildman–Crippen MR) is 90.9 cm³/mol. The minimum Gasteiger partial charge on any atom is -0.449 e. The van der Waals surface area contributed by atoms with Gasteiger partial charge in [0.25, 0.3) is 5.91 Å². The van der Waals surface area contributed by atoms with E-state index < -0.39 is 28.0 Å². The largest absolute Gasteiger partial charge is 0.449 e. The van der Waals surface area contributed by atoms with Gasteiger partial charge in [-0.1, -0.05) is 6.08 Å². The summed E-state index contributed by atoms with van der Waals surface area (Å²) in [7, 11) is -3.58. The maximum absolute atomic E-state index is 12.0. The zero-order chi connectivity index (χ0) is 18.3. The molecule has 0 aliphatic carbocycles. The van der Waals surface area contributed by atoms with Gasteiger partial charge >= 0.3 is 5.97 Å². The van der Waals surface area contributed by atoms with Gasteiger partial charge in [-0.25, -0.2) is 17.9 Å². The van der Waals surface area contributed by atoms with Crippen molar-refractivity contribution in [3.8, 4) is 0 Å². The molecule has 0 radical (unpaired) electrons. The van der Waals surface area contributed by atoms with E-state index in [2.05, 4.69) is 10.0 Å². The van der Waals surface area contributed by atoms with Crippen molar-refractivity contribution in [3.05, 3.63) is 36.4 Å². The second kappa shape index (κ2) is 8.60. The number of benzene rings is 1. The number of rotatable bonds is 7. The fraction of sp³-hybridized carbons (Fsp3) is 0.375. The Balaban J connectivity index is 2.73. The zero-order valence-electron chi connectivity index (χ0n) is 14.1. The van der Waals surface area contributed by atoms with Crippen LogP contribution < -0.4 is 10.0 Å². The van der Waals surface area contributed by atoms with E-state index in [0.717, 1.165) is 0 Å². The molecule has 8 heteroatoms. The summed E-state index contributed by atoms with van der Waals surface area (Å²) in [6, 6.07) is 5.48. The lowest BCUT2D eigenvalue weighted by atomic mass is 10.3. The second-order valence-corrected chi connectivity index (χ2v) is 7.08. The van der Waals surface area contributed by atoms with Gasteiger partial charge in [0.15, 0.2) is 6.10 Å². The quantitative estimate of drug-likeness (QED) is 0.574. The normalized spacial score (nSPS) is 13.0. The molecule has 0 saturated carbocycles. The van der Waals surface area contributed by atoms with Crippen LogP contribution in [0.3, 0.4) is 0 Å². The van der Waals surface area contributed by atoms with E-state index in [9.17, 15) is 18.0 Å². The number of ether oxygens (including phenoxy) is 1. The first-order chi connectivity index (χ1) is 11.2. The first kappa shape index (κ1) is 19.9. The Kier molecular flexibility index (Phi) is 7.12. The van der Waals surface area contributed by atoms with Gasteiger partial charge in [-0.3, -0.25) is 4.79 Å². The van der Waals surface area contributed by atoms with Crippen LogP contribution in [-0.4, -0.2) is 32.4 Å². The SMILES string of the molecule is C/C=C/C(=O)O[C@@H](C)C(=O)Nc1ccc(S(=O)(=O)NC(C)C)cc1. The molecule has 0 unspecified atom stereocenters. The van der Waals surface area contributed by atoms with Crippen molar-refractivity contribution in [1.82, 2.24) is 4.72 Å². The summed E-state index contributed by atoms with van der Waals surface area (Å²) < 4.78 is 31.4. The predicted octanol–water partition coefficient (Wildman–Crippen LogP) is 1.82. The topological polar surface area (TPSA) is 102 Å². The van der Waals surface area contributed by atoms with Crippen molar-refractivity contribution in [2.75, 3.05) is 5.32 Å². The number of anilines is 1. The number of esters is 1. The van der Waals surface area contributed by atoms with Crippen LogP contribution in [-0.2, 0) is 24.3 Å². The Bertz CT molecular complexity index is 708. The van der Waals surface area contributed by atoms with Crippen molar-refractivity contribution in [1.29, 1.82) is 0 Å². The first-order valence-electron chi connectivity index (χ1n) is 7.42. The third kappa shape index (κ3) is 6.13. The van der Waals surface area contributed by atoms with E-state index in [1.807, 2.05) is 0 Å². The highest BCUT2D eigenvalue weighted by atomic mass is 32.2. The molecule has 7 nitrogen and oxygen atoms in total. The van der Waals surface area contributed by atoms with Gasteiger partial charge in [-0.05, 0) is 52.0 Å². The van der Waals surface area contributed by atoms with Gasteiger partial charge in [0.2, 0.25) is 10.0 Å². The summed E-state index contributed by atoms with van der Waals surface area (Å²) in [5.41, 5.74) is 0.400. The van der Waals surface area contributed by atoms with Crippen LogP contribution in [0.25, 0.3) is 0 Å². The molecule has 1 aromatic carbocycles. The minimum atomic E-state index is -3.58. The Morgan fingerprint density at radius 1 is 1.12 bits per heavy atom. The van der Waals surface area contributed by atoms with Crippen molar-refractivity contribution >= 4 is 27.6 Å². The van der Waals surface area contributed by atoms with Crippen LogP contribution in [0.4, 0.5) is 5.69 Å². The summed E-state index contributed by atoms with van der Waals surface area (Å²) in [4.78, 5) is 23.3. The Labute approximate surface area is 142 Å². The lowest BCUT2D eigenvalue weighted by molar-refractivity contribution is -0.148. The summed E-state index contributed by atoms with van der Waals surface area (Å²) in [5, 5.41) is 2.55. The van der Waals surface area contributed by atoms with Crippen molar-refractivity contribution in [2.45, 2.75) is 44.7 Å². The molecule has 0 spiro atoms. The number of carbonyl (C=O) groups is 2. The summed E-state index contributed by atoms with van der Waals surface area (Å²) in [5.74, 6) is -1.12. The number of sulfonamides is 1. The van der Waals surface area contributed by atoms with E-state index in [1.54, 1.807) is 20.8 Å². The lowest BCUT2D eigenvalue weighted by Crippen LogP contribution is -2.30. The molecule has 1 rings (SSSR count). The maximum Gasteiger partial charge on any atom is 0.331 e. The minimum absolute atomic E-state index is 0.0989. The van der Waals surface area contributed by atoms with E-state index in [4.69, 9.17) is 4.74 Å². The smallest absolute Gasteiger partial charge is 0.331 e. The molecule has 0 fully saturated rings. The molecule has 0 bridgehead atoms. The average molecular weight is 354 g/mol. The fourth-order valence-corrected chi connectivity index (χ4v) is 2.99. The average Bonchev–Trinajstić information content (AvgIpc) is 2.46. The molecule has 1 atom stereocenters. The van der Waals surface area contributed by atoms with Crippen LogP contribution in [0.2, 0.25) is 0 Å². The van der Waals surface area contributed by atoms with Crippen molar-refractivity contribution in [3.63, 3.8) is 0 Å². The van der Waals surface area contributed by atoms with E-state index in [-0.39, 0.29) is 10.9 Å². The summed E-state index contributed by atoms with van der Waals surface area (Å²) >= 11 is 0. The van der Waals surface area contributed by atoms with Crippen molar-refractivity contribution in [2.24, 2.45) is 0 Å². The van der Waals surface area contributed by atoms with Gasteiger partial charge in [0.1, 0.15) is 0 Å². The third-order valence-electron chi connectivity index (χ3n) is 2.79. The van der Waals surface area contributed by atoms with E-state index in [1.165, 1.54) is 43.3 Å². The molecule has 0 saturated heterocycles. The molecule has 1 aromatic rings. The molecule has 2 N–H and O–H groups in total. The number of nitrogens with one attached hydrogen (secondary N) is 2. The molecule has 0 heterocycles. The van der Waals surface area contributed by atoms with Crippen LogP contribution in [0, 0.1) is 0 Å². The number of amides is 1. The highest BCUT2D eigenvalue weighted by molar-refractivity contribution is 7.89. The molecule has 0 aliphatic heterocycles. The fourth-order valence-electron chi connectivity index (χ4n) is 1.74. The van der Waals surface area contributed by atoms with E-state index in [0.29, 0.717) is 5.69 Å². The van der Waals surface area contributed by atoms with Crippen LogP contribution in [0.1, 0.15) is 27.7 Å². The zero-order valence-corrected chi connectivity index (χ0v) is 14.9. The number of allylic oxidation sites excluding steroid dienone is 1. The molecular formula is C16H22N2O5S. The molecule has 0 aromatic heterocycles. The van der Waals surface area contributed by atoms with Crippen LogP contribution in [0.15, 0.2) is 41.3 Å². The lowest BCUT2D eigenvalue weighted by Gasteiger charge is -2.13. The van der Waals surface area contributed by atoms with Gasteiger partial charge in [0, 0.05) is 17.8 Å². The van der Waals surface area contributed by atoms with Crippen LogP contribution >= 0.6 is 0 Å². The molecular weight excluding hydrogens is 332 g/mol. The van der Waals surface area contributed by atoms with Crippen LogP contribution in [0.5, 0.6) is 0 Å². The second-order valence-electron chi connectivity index (χ2n) is 5.37. The Morgan fingerprint density at radius 2 is 1.71 bits per heavy atom. The Hall–Kier alpha value is -2.19. The molecule has 24 heavy (non-hydrogen) atoms. The number of carbonyl (C=O) groups excluding carboxylic acids is 2. The Morgan fingerprint density at radius 3 is 2.21 bits per heavy atom. The number of hydrogen-bond donors (Lipinski definition) is 2. The maximum atomic E-state index is 12.0. The standard InChI is InChI=1S/C16H22N2O5S/c1-5-6-15(19)23-12(4)16(20)17-13-7-9-14(10-8-13)24(21,22)18-11(2)3/h5-12,18H,1-4H3,(H,17,20)/b6-5+/t12-/m0/s1. The van der Waals surface area contributed by atoms with Gasteiger partial charge in [-0.15, -0.1) is 0 Å². The number of hydrogen-bond acceptors (Lipinski definition) is 5. The monoisotopic (exact) mass is 354 g/mol.